The standard InChI is InChI=1S/C17H25N5/c1-5-6-11-22(4)16-12-18-21-17(20-16)19-15-9-7-14(8-10-15)13(2)3/h7-10,12-13H,5-6,11H2,1-4H3,(H,19,20,21). The monoisotopic (exact) mass is 299 g/mol. The van der Waals surface area contributed by atoms with Crippen molar-refractivity contribution in [3.8, 4) is 0 Å². The number of nitrogens with zero attached hydrogens (tertiary/aromatic N) is 4. The van der Waals surface area contributed by atoms with E-state index in [1.807, 2.05) is 19.2 Å². The first-order chi connectivity index (χ1) is 10.6. The number of benzene rings is 1. The summed E-state index contributed by atoms with van der Waals surface area (Å²) >= 11 is 0. The minimum atomic E-state index is 0.526. The van der Waals surface area contributed by atoms with Crippen molar-refractivity contribution in [3.63, 3.8) is 0 Å². The Labute approximate surface area is 132 Å². The third-order valence-corrected chi connectivity index (χ3v) is 3.62. The van der Waals surface area contributed by atoms with E-state index in [4.69, 9.17) is 0 Å². The molecular weight excluding hydrogens is 274 g/mol. The van der Waals surface area contributed by atoms with Crippen molar-refractivity contribution in [1.29, 1.82) is 0 Å². The maximum Gasteiger partial charge on any atom is 0.249 e. The molecule has 0 fully saturated rings. The molecule has 0 spiro atoms. The Morgan fingerprint density at radius 3 is 2.55 bits per heavy atom. The van der Waals surface area contributed by atoms with Gasteiger partial charge in [-0.25, -0.2) is 0 Å². The van der Waals surface area contributed by atoms with E-state index in [2.05, 4.69) is 58.3 Å². The van der Waals surface area contributed by atoms with Gasteiger partial charge in [-0.2, -0.15) is 10.1 Å². The van der Waals surface area contributed by atoms with Crippen LogP contribution in [0, 0.1) is 0 Å². The molecule has 0 aliphatic rings. The molecule has 0 saturated carbocycles. The minimum Gasteiger partial charge on any atom is -0.358 e. The Balaban J connectivity index is 2.06. The predicted octanol–water partition coefficient (Wildman–Crippen LogP) is 3.97. The third kappa shape index (κ3) is 4.41. The summed E-state index contributed by atoms with van der Waals surface area (Å²) in [5, 5.41) is 11.3. The lowest BCUT2D eigenvalue weighted by molar-refractivity contribution is 0.754. The van der Waals surface area contributed by atoms with Gasteiger partial charge in [-0.3, -0.25) is 0 Å². The summed E-state index contributed by atoms with van der Waals surface area (Å²) in [5.74, 6) is 1.89. The van der Waals surface area contributed by atoms with Gasteiger partial charge < -0.3 is 10.2 Å². The molecule has 0 amide bonds. The number of rotatable bonds is 7. The van der Waals surface area contributed by atoms with Crippen molar-refractivity contribution in [3.05, 3.63) is 36.0 Å². The number of hydrogen-bond donors (Lipinski definition) is 1. The molecule has 0 bridgehead atoms. The smallest absolute Gasteiger partial charge is 0.249 e. The van der Waals surface area contributed by atoms with Crippen LogP contribution in [0.15, 0.2) is 30.5 Å². The van der Waals surface area contributed by atoms with Crippen LogP contribution in [-0.2, 0) is 0 Å². The highest BCUT2D eigenvalue weighted by molar-refractivity contribution is 5.54. The van der Waals surface area contributed by atoms with Gasteiger partial charge in [0, 0.05) is 19.3 Å². The molecule has 22 heavy (non-hydrogen) atoms. The molecular formula is C17H25N5. The Kier molecular flexibility index (Phi) is 5.69. The SMILES string of the molecule is CCCCN(C)c1cnnc(Nc2ccc(C(C)C)cc2)n1. The fraction of sp³-hybridized carbons (Fsp3) is 0.471. The number of nitrogens with one attached hydrogen (secondary N) is 1. The average Bonchev–Trinajstić information content (AvgIpc) is 2.53. The molecule has 2 rings (SSSR count). The van der Waals surface area contributed by atoms with Crippen LogP contribution in [0.25, 0.3) is 0 Å². The Morgan fingerprint density at radius 2 is 1.91 bits per heavy atom. The van der Waals surface area contributed by atoms with Crippen molar-refractivity contribution in [2.45, 2.75) is 39.5 Å². The van der Waals surface area contributed by atoms with Crippen LogP contribution in [0.1, 0.15) is 45.1 Å². The van der Waals surface area contributed by atoms with Crippen LogP contribution in [0.4, 0.5) is 17.5 Å². The summed E-state index contributed by atoms with van der Waals surface area (Å²) in [6.45, 7) is 7.52. The molecule has 2 aromatic rings. The molecule has 0 radical (unpaired) electrons. The van der Waals surface area contributed by atoms with Crippen molar-refractivity contribution >= 4 is 17.5 Å². The Bertz CT molecular complexity index is 580. The largest absolute Gasteiger partial charge is 0.358 e. The predicted molar refractivity (Wildman–Crippen MR) is 91.8 cm³/mol. The molecule has 1 heterocycles. The van der Waals surface area contributed by atoms with E-state index < -0.39 is 0 Å². The summed E-state index contributed by atoms with van der Waals surface area (Å²) in [6.07, 6.45) is 4.00. The topological polar surface area (TPSA) is 53.9 Å². The molecule has 118 valence electrons. The van der Waals surface area contributed by atoms with Crippen molar-refractivity contribution in [2.75, 3.05) is 23.8 Å². The second kappa shape index (κ2) is 7.73. The fourth-order valence-electron chi connectivity index (χ4n) is 2.12. The summed E-state index contributed by atoms with van der Waals surface area (Å²) in [7, 11) is 2.03. The lowest BCUT2D eigenvalue weighted by Crippen LogP contribution is -2.20. The van der Waals surface area contributed by atoms with E-state index in [0.717, 1.165) is 30.9 Å². The fourth-order valence-corrected chi connectivity index (χ4v) is 2.12. The van der Waals surface area contributed by atoms with Gasteiger partial charge in [-0.1, -0.05) is 39.3 Å². The minimum absolute atomic E-state index is 0.526. The quantitative estimate of drug-likeness (QED) is 0.838. The molecule has 5 heteroatoms. The zero-order valence-electron chi connectivity index (χ0n) is 13.9. The maximum atomic E-state index is 4.52. The van der Waals surface area contributed by atoms with Crippen LogP contribution >= 0.6 is 0 Å². The molecule has 0 saturated heterocycles. The molecule has 0 atom stereocenters. The number of anilines is 3. The van der Waals surface area contributed by atoms with Gasteiger partial charge >= 0.3 is 0 Å². The maximum absolute atomic E-state index is 4.52. The summed E-state index contributed by atoms with van der Waals surface area (Å²) in [5.41, 5.74) is 2.29. The number of hydrogen-bond acceptors (Lipinski definition) is 5. The van der Waals surface area contributed by atoms with Crippen molar-refractivity contribution in [1.82, 2.24) is 15.2 Å². The van der Waals surface area contributed by atoms with Crippen LogP contribution in [0.3, 0.4) is 0 Å². The first-order valence-corrected chi connectivity index (χ1v) is 7.88. The van der Waals surface area contributed by atoms with Crippen LogP contribution in [0.2, 0.25) is 0 Å². The van der Waals surface area contributed by atoms with Crippen LogP contribution < -0.4 is 10.2 Å². The highest BCUT2D eigenvalue weighted by atomic mass is 15.3. The lowest BCUT2D eigenvalue weighted by atomic mass is 10.0. The second-order valence-electron chi connectivity index (χ2n) is 5.81. The molecule has 0 aliphatic heterocycles. The molecule has 1 aromatic heterocycles. The van der Waals surface area contributed by atoms with E-state index in [1.165, 1.54) is 5.56 Å². The van der Waals surface area contributed by atoms with E-state index in [1.54, 1.807) is 6.20 Å². The van der Waals surface area contributed by atoms with E-state index in [-0.39, 0.29) is 0 Å². The van der Waals surface area contributed by atoms with Gasteiger partial charge in [-0.05, 0) is 30.0 Å². The highest BCUT2D eigenvalue weighted by Gasteiger charge is 2.06. The average molecular weight is 299 g/mol. The van der Waals surface area contributed by atoms with Gasteiger partial charge in [0.2, 0.25) is 5.95 Å². The summed E-state index contributed by atoms with van der Waals surface area (Å²) < 4.78 is 0. The molecule has 0 aliphatic carbocycles. The Morgan fingerprint density at radius 1 is 1.18 bits per heavy atom. The van der Waals surface area contributed by atoms with Crippen LogP contribution in [-0.4, -0.2) is 28.8 Å². The lowest BCUT2D eigenvalue weighted by Gasteiger charge is -2.17. The number of aromatic nitrogens is 3. The third-order valence-electron chi connectivity index (χ3n) is 3.62. The van der Waals surface area contributed by atoms with Gasteiger partial charge in [0.15, 0.2) is 5.82 Å². The van der Waals surface area contributed by atoms with Crippen molar-refractivity contribution < 1.29 is 0 Å². The first kappa shape index (κ1) is 16.2. The van der Waals surface area contributed by atoms with E-state index >= 15 is 0 Å². The molecule has 5 nitrogen and oxygen atoms in total. The molecule has 0 unspecified atom stereocenters. The Hall–Kier alpha value is -2.17. The van der Waals surface area contributed by atoms with E-state index in [9.17, 15) is 0 Å². The molecule has 1 aromatic carbocycles. The van der Waals surface area contributed by atoms with Crippen LogP contribution in [0.5, 0.6) is 0 Å². The van der Waals surface area contributed by atoms with Gasteiger partial charge in [0.05, 0.1) is 6.20 Å². The van der Waals surface area contributed by atoms with Gasteiger partial charge in [0.25, 0.3) is 0 Å². The summed E-state index contributed by atoms with van der Waals surface area (Å²) in [6, 6.07) is 8.34. The first-order valence-electron chi connectivity index (χ1n) is 7.88. The zero-order valence-corrected chi connectivity index (χ0v) is 13.9. The molecule has 1 N–H and O–H groups in total. The van der Waals surface area contributed by atoms with Gasteiger partial charge in [0.1, 0.15) is 0 Å². The normalized spacial score (nSPS) is 10.8. The van der Waals surface area contributed by atoms with E-state index in [0.29, 0.717) is 11.9 Å². The van der Waals surface area contributed by atoms with Crippen molar-refractivity contribution in [2.24, 2.45) is 0 Å². The van der Waals surface area contributed by atoms with Gasteiger partial charge in [-0.15, -0.1) is 5.10 Å². The zero-order chi connectivity index (χ0) is 15.9. The number of unbranched alkanes of at least 4 members (excludes halogenated alkanes) is 1. The summed E-state index contributed by atoms with van der Waals surface area (Å²) in [4.78, 5) is 6.62. The second-order valence-corrected chi connectivity index (χ2v) is 5.81. The highest BCUT2D eigenvalue weighted by Crippen LogP contribution is 2.19.